The number of amides is 1. The van der Waals surface area contributed by atoms with Crippen LogP contribution in [0.5, 0.6) is 5.75 Å². The zero-order valence-corrected chi connectivity index (χ0v) is 15.9. The quantitative estimate of drug-likeness (QED) is 0.670. The molecule has 0 spiro atoms. The molecule has 0 aliphatic carbocycles. The van der Waals surface area contributed by atoms with Gasteiger partial charge in [-0.15, -0.1) is 0 Å². The van der Waals surface area contributed by atoms with E-state index in [9.17, 15) is 4.79 Å². The Morgan fingerprint density at radius 2 is 2.07 bits per heavy atom. The molecule has 3 N–H and O–H groups in total. The molecule has 0 radical (unpaired) electrons. The standard InChI is InChI=1S/C20H24N6O2/c1-25-7-9-26(10-8-25)11-12-28-17-5-6-22-13-15(17)20-23-16-4-2-3-14(19(21)27)18(16)24-20/h2-6,13H,7-12H2,1H3,(H2,21,27)(H,23,24). The lowest BCUT2D eigenvalue weighted by atomic mass is 10.2. The fraction of sp³-hybridized carbons (Fsp3) is 0.350. The van der Waals surface area contributed by atoms with Gasteiger partial charge in [-0.25, -0.2) is 4.98 Å². The molecule has 0 bridgehead atoms. The maximum atomic E-state index is 11.7. The summed E-state index contributed by atoms with van der Waals surface area (Å²) in [5.41, 5.74) is 7.91. The van der Waals surface area contributed by atoms with Crippen LogP contribution < -0.4 is 10.5 Å². The second-order valence-corrected chi connectivity index (χ2v) is 7.02. The molecule has 1 saturated heterocycles. The third kappa shape index (κ3) is 3.83. The maximum absolute atomic E-state index is 11.7. The number of aromatic amines is 1. The second kappa shape index (κ2) is 7.95. The van der Waals surface area contributed by atoms with Gasteiger partial charge >= 0.3 is 0 Å². The number of hydrogen-bond acceptors (Lipinski definition) is 6. The smallest absolute Gasteiger partial charge is 0.250 e. The van der Waals surface area contributed by atoms with Crippen molar-refractivity contribution in [1.29, 1.82) is 0 Å². The lowest BCUT2D eigenvalue weighted by Crippen LogP contribution is -2.45. The van der Waals surface area contributed by atoms with Gasteiger partial charge in [-0.1, -0.05) is 6.07 Å². The van der Waals surface area contributed by atoms with Crippen LogP contribution in [0.2, 0.25) is 0 Å². The highest BCUT2D eigenvalue weighted by atomic mass is 16.5. The van der Waals surface area contributed by atoms with Gasteiger partial charge in [-0.05, 0) is 25.2 Å². The molecular formula is C20H24N6O2. The molecule has 8 nitrogen and oxygen atoms in total. The number of H-pyrrole nitrogens is 1. The topological polar surface area (TPSA) is 100 Å². The third-order valence-electron chi connectivity index (χ3n) is 5.08. The monoisotopic (exact) mass is 380 g/mol. The van der Waals surface area contributed by atoms with Crippen LogP contribution in [0.4, 0.5) is 0 Å². The van der Waals surface area contributed by atoms with Crippen molar-refractivity contribution >= 4 is 16.9 Å². The van der Waals surface area contributed by atoms with E-state index in [-0.39, 0.29) is 0 Å². The van der Waals surface area contributed by atoms with Crippen LogP contribution in [0.1, 0.15) is 10.4 Å². The van der Waals surface area contributed by atoms with Gasteiger partial charge < -0.3 is 20.4 Å². The number of nitrogens with zero attached hydrogens (tertiary/aromatic N) is 4. The fourth-order valence-corrected chi connectivity index (χ4v) is 3.40. The van der Waals surface area contributed by atoms with Crippen molar-refractivity contribution in [3.8, 4) is 17.1 Å². The lowest BCUT2D eigenvalue weighted by molar-refractivity contribution is 0.100. The minimum atomic E-state index is -0.501. The molecule has 1 aliphatic rings. The number of nitrogens with one attached hydrogen (secondary N) is 1. The molecule has 0 unspecified atom stereocenters. The maximum Gasteiger partial charge on any atom is 0.250 e. The van der Waals surface area contributed by atoms with Crippen LogP contribution in [0.3, 0.4) is 0 Å². The molecule has 1 amide bonds. The van der Waals surface area contributed by atoms with Crippen molar-refractivity contribution in [1.82, 2.24) is 24.8 Å². The number of primary amides is 1. The van der Waals surface area contributed by atoms with E-state index in [0.717, 1.165) is 43.8 Å². The molecule has 4 rings (SSSR count). The number of rotatable bonds is 6. The third-order valence-corrected chi connectivity index (χ3v) is 5.08. The van der Waals surface area contributed by atoms with Crippen LogP contribution in [-0.4, -0.2) is 77.0 Å². The number of piperazine rings is 1. The molecule has 1 aliphatic heterocycles. The van der Waals surface area contributed by atoms with Crippen LogP contribution >= 0.6 is 0 Å². The Balaban J connectivity index is 1.52. The zero-order valence-electron chi connectivity index (χ0n) is 15.9. The molecule has 146 valence electrons. The van der Waals surface area contributed by atoms with Gasteiger partial charge in [-0.2, -0.15) is 0 Å². The second-order valence-electron chi connectivity index (χ2n) is 7.02. The van der Waals surface area contributed by atoms with E-state index in [1.54, 1.807) is 24.5 Å². The SMILES string of the molecule is CN1CCN(CCOc2ccncc2-c2nc3c(C(N)=O)cccc3[nH]2)CC1. The first-order valence-electron chi connectivity index (χ1n) is 9.38. The average Bonchev–Trinajstić information content (AvgIpc) is 3.14. The summed E-state index contributed by atoms with van der Waals surface area (Å²) in [6.07, 6.45) is 3.42. The predicted molar refractivity (Wildman–Crippen MR) is 107 cm³/mol. The summed E-state index contributed by atoms with van der Waals surface area (Å²) >= 11 is 0. The summed E-state index contributed by atoms with van der Waals surface area (Å²) in [5, 5.41) is 0. The number of hydrogen-bond donors (Lipinski definition) is 2. The number of carbonyl (C=O) groups is 1. The largest absolute Gasteiger partial charge is 0.491 e. The highest BCUT2D eigenvalue weighted by molar-refractivity contribution is 6.04. The summed E-state index contributed by atoms with van der Waals surface area (Å²) < 4.78 is 6.05. The number of nitrogens with two attached hydrogens (primary N) is 1. The van der Waals surface area contributed by atoms with Crippen molar-refractivity contribution < 1.29 is 9.53 Å². The van der Waals surface area contributed by atoms with Gasteiger partial charge in [0.15, 0.2) is 0 Å². The Kier molecular flexibility index (Phi) is 5.23. The molecule has 1 fully saturated rings. The molecular weight excluding hydrogens is 356 g/mol. The van der Waals surface area contributed by atoms with Gasteiger partial charge in [-0.3, -0.25) is 14.7 Å². The van der Waals surface area contributed by atoms with E-state index in [1.807, 2.05) is 12.1 Å². The van der Waals surface area contributed by atoms with Crippen molar-refractivity contribution in [2.24, 2.45) is 5.73 Å². The highest BCUT2D eigenvalue weighted by Crippen LogP contribution is 2.29. The van der Waals surface area contributed by atoms with E-state index in [4.69, 9.17) is 10.5 Å². The molecule has 3 aromatic rings. The minimum Gasteiger partial charge on any atom is -0.491 e. The van der Waals surface area contributed by atoms with Crippen molar-refractivity contribution in [3.63, 3.8) is 0 Å². The van der Waals surface area contributed by atoms with Crippen molar-refractivity contribution in [3.05, 3.63) is 42.2 Å². The minimum absolute atomic E-state index is 0.390. The number of aromatic nitrogens is 3. The van der Waals surface area contributed by atoms with Gasteiger partial charge in [0.1, 0.15) is 23.7 Å². The molecule has 1 aromatic carbocycles. The fourth-order valence-electron chi connectivity index (χ4n) is 3.40. The van der Waals surface area contributed by atoms with Crippen LogP contribution in [-0.2, 0) is 0 Å². The Morgan fingerprint density at radius 3 is 2.86 bits per heavy atom. The number of carbonyl (C=O) groups excluding carboxylic acids is 1. The molecule has 2 aromatic heterocycles. The molecule has 28 heavy (non-hydrogen) atoms. The Bertz CT molecular complexity index is 978. The van der Waals surface area contributed by atoms with E-state index < -0.39 is 5.91 Å². The summed E-state index contributed by atoms with van der Waals surface area (Å²) in [6, 6.07) is 7.15. The number of pyridine rings is 1. The van der Waals surface area contributed by atoms with Crippen molar-refractivity contribution in [2.75, 3.05) is 46.4 Å². The van der Waals surface area contributed by atoms with E-state index in [1.165, 1.54) is 0 Å². The lowest BCUT2D eigenvalue weighted by Gasteiger charge is -2.32. The number of benzene rings is 1. The number of likely N-dealkylation sites (N-methyl/N-ethyl adjacent to an activating group) is 1. The summed E-state index contributed by atoms with van der Waals surface area (Å²) in [4.78, 5) is 28.4. The molecule has 3 heterocycles. The summed E-state index contributed by atoms with van der Waals surface area (Å²) in [6.45, 7) is 5.75. The van der Waals surface area contributed by atoms with Crippen LogP contribution in [0, 0.1) is 0 Å². The normalized spacial score (nSPS) is 15.8. The Labute approximate surface area is 163 Å². The predicted octanol–water partition coefficient (Wildman–Crippen LogP) is 1.35. The van der Waals surface area contributed by atoms with Crippen molar-refractivity contribution in [2.45, 2.75) is 0 Å². The first kappa shape index (κ1) is 18.4. The average molecular weight is 380 g/mol. The number of ether oxygens (including phenoxy) is 1. The summed E-state index contributed by atoms with van der Waals surface area (Å²) in [7, 11) is 2.15. The Morgan fingerprint density at radius 1 is 1.25 bits per heavy atom. The van der Waals surface area contributed by atoms with Crippen LogP contribution in [0.15, 0.2) is 36.7 Å². The van der Waals surface area contributed by atoms with Gasteiger partial charge in [0.25, 0.3) is 5.91 Å². The van der Waals surface area contributed by atoms with Gasteiger partial charge in [0.05, 0.1) is 16.6 Å². The van der Waals surface area contributed by atoms with Gasteiger partial charge in [0, 0.05) is 45.1 Å². The van der Waals surface area contributed by atoms with Gasteiger partial charge in [0.2, 0.25) is 0 Å². The van der Waals surface area contributed by atoms with E-state index in [0.29, 0.717) is 29.3 Å². The highest BCUT2D eigenvalue weighted by Gasteiger charge is 2.16. The first-order valence-corrected chi connectivity index (χ1v) is 9.38. The number of imidazole rings is 1. The van der Waals surface area contributed by atoms with Crippen LogP contribution in [0.25, 0.3) is 22.4 Å². The number of fused-ring (bicyclic) bond motifs is 1. The molecule has 0 saturated carbocycles. The zero-order chi connectivity index (χ0) is 19.5. The van der Waals surface area contributed by atoms with E-state index >= 15 is 0 Å². The molecule has 0 atom stereocenters. The van der Waals surface area contributed by atoms with E-state index in [2.05, 4.69) is 31.8 Å². The Hall–Kier alpha value is -2.97. The summed E-state index contributed by atoms with van der Waals surface area (Å²) in [5.74, 6) is 0.814. The first-order chi connectivity index (χ1) is 13.6. The number of para-hydroxylation sites is 1. The molecule has 8 heteroatoms.